The van der Waals surface area contributed by atoms with E-state index in [1.54, 1.807) is 24.3 Å². The molecule has 0 spiro atoms. The molecule has 1 aliphatic heterocycles. The first-order valence-electron chi connectivity index (χ1n) is 9.12. The van der Waals surface area contributed by atoms with Crippen molar-refractivity contribution in [2.24, 2.45) is 0 Å². The summed E-state index contributed by atoms with van der Waals surface area (Å²) in [4.78, 5) is 25.8. The molecule has 3 aromatic rings. The van der Waals surface area contributed by atoms with E-state index < -0.39 is 0 Å². The van der Waals surface area contributed by atoms with E-state index in [0.717, 1.165) is 22.6 Å². The van der Waals surface area contributed by atoms with E-state index >= 15 is 0 Å². The van der Waals surface area contributed by atoms with Gasteiger partial charge in [0.2, 0.25) is 0 Å². The molecule has 6 heteroatoms. The van der Waals surface area contributed by atoms with Crippen molar-refractivity contribution in [2.75, 3.05) is 29.1 Å². The molecule has 0 radical (unpaired) electrons. The molecule has 0 aliphatic carbocycles. The number of benzene rings is 1. The number of carbonyl (C=O) groups excluding carboxylic acids is 1. The quantitative estimate of drug-likeness (QED) is 0.705. The predicted molar refractivity (Wildman–Crippen MR) is 114 cm³/mol. The smallest absolute Gasteiger partial charge is 0.261 e. The zero-order valence-electron chi connectivity index (χ0n) is 15.8. The Bertz CT molecular complexity index is 1080. The lowest BCUT2D eigenvalue weighted by atomic mass is 10.1. The topological polar surface area (TPSA) is 75.4 Å². The van der Waals surface area contributed by atoms with E-state index in [1.165, 1.54) is 0 Å². The molecule has 4 rings (SSSR count). The zero-order valence-corrected chi connectivity index (χ0v) is 15.8. The third-order valence-electron chi connectivity index (χ3n) is 4.76. The van der Waals surface area contributed by atoms with E-state index in [-0.39, 0.29) is 5.91 Å². The summed E-state index contributed by atoms with van der Waals surface area (Å²) in [6.07, 6.45) is 7.39. The number of amides is 1. The number of aromatic nitrogens is 2. The lowest BCUT2D eigenvalue weighted by Crippen LogP contribution is -2.25. The van der Waals surface area contributed by atoms with Crippen molar-refractivity contribution in [3.8, 4) is 0 Å². The van der Waals surface area contributed by atoms with Gasteiger partial charge in [0.05, 0.1) is 11.3 Å². The van der Waals surface area contributed by atoms with Crippen LogP contribution in [-0.4, -0.2) is 29.5 Å². The molecule has 140 valence electrons. The highest BCUT2D eigenvalue weighted by molar-refractivity contribution is 6.12. The van der Waals surface area contributed by atoms with Crippen LogP contribution in [0.5, 0.6) is 0 Å². The first-order valence-corrected chi connectivity index (χ1v) is 9.12. The SMILES string of the molecule is CCN1c2ncc(/C=C/c3cccc(N)c3)cc2C(=O)N(C)c2cccnc21. The average molecular weight is 371 g/mol. The van der Waals surface area contributed by atoms with Crippen LogP contribution < -0.4 is 15.5 Å². The number of nitrogens with zero attached hydrogens (tertiary/aromatic N) is 4. The summed E-state index contributed by atoms with van der Waals surface area (Å²) < 4.78 is 0. The van der Waals surface area contributed by atoms with E-state index in [2.05, 4.69) is 9.97 Å². The van der Waals surface area contributed by atoms with Gasteiger partial charge in [-0.3, -0.25) is 4.79 Å². The minimum absolute atomic E-state index is 0.105. The van der Waals surface area contributed by atoms with E-state index in [1.807, 2.05) is 66.4 Å². The van der Waals surface area contributed by atoms with Crippen molar-refractivity contribution in [3.05, 3.63) is 71.5 Å². The number of rotatable bonds is 3. The van der Waals surface area contributed by atoms with Gasteiger partial charge >= 0.3 is 0 Å². The van der Waals surface area contributed by atoms with Gasteiger partial charge < -0.3 is 15.5 Å². The van der Waals surface area contributed by atoms with Crippen molar-refractivity contribution < 1.29 is 4.79 Å². The lowest BCUT2D eigenvalue weighted by molar-refractivity contribution is 0.0994. The summed E-state index contributed by atoms with van der Waals surface area (Å²) in [5.74, 6) is 1.25. The Hall–Kier alpha value is -3.67. The molecule has 28 heavy (non-hydrogen) atoms. The number of nitrogens with two attached hydrogens (primary N) is 1. The molecule has 3 heterocycles. The summed E-state index contributed by atoms with van der Waals surface area (Å²) in [6.45, 7) is 2.68. The summed E-state index contributed by atoms with van der Waals surface area (Å²) in [5.41, 5.74) is 9.70. The third kappa shape index (κ3) is 3.09. The number of hydrogen-bond acceptors (Lipinski definition) is 5. The number of anilines is 4. The number of fused-ring (bicyclic) bond motifs is 2. The molecular formula is C22H21N5O. The number of pyridine rings is 2. The van der Waals surface area contributed by atoms with Gasteiger partial charge in [-0.2, -0.15) is 0 Å². The number of hydrogen-bond donors (Lipinski definition) is 1. The van der Waals surface area contributed by atoms with Crippen LogP contribution in [0.2, 0.25) is 0 Å². The van der Waals surface area contributed by atoms with Gasteiger partial charge in [0.15, 0.2) is 5.82 Å². The Morgan fingerprint density at radius 3 is 2.64 bits per heavy atom. The minimum Gasteiger partial charge on any atom is -0.399 e. The molecule has 2 N–H and O–H groups in total. The first-order chi connectivity index (χ1) is 13.6. The van der Waals surface area contributed by atoms with Gasteiger partial charge in [-0.15, -0.1) is 0 Å². The molecule has 0 unspecified atom stereocenters. The summed E-state index contributed by atoms with van der Waals surface area (Å²) in [6, 6.07) is 13.2. The maximum absolute atomic E-state index is 13.1. The summed E-state index contributed by atoms with van der Waals surface area (Å²) in [7, 11) is 1.76. The van der Waals surface area contributed by atoms with Crippen LogP contribution in [0.4, 0.5) is 23.0 Å². The Morgan fingerprint density at radius 1 is 1.04 bits per heavy atom. The van der Waals surface area contributed by atoms with Crippen molar-refractivity contribution in [3.63, 3.8) is 0 Å². The first kappa shape index (κ1) is 17.7. The average Bonchev–Trinajstić information content (AvgIpc) is 2.80. The van der Waals surface area contributed by atoms with Crippen LogP contribution in [0.25, 0.3) is 12.2 Å². The van der Waals surface area contributed by atoms with E-state index in [9.17, 15) is 4.79 Å². The predicted octanol–water partition coefficient (Wildman–Crippen LogP) is 3.98. The van der Waals surface area contributed by atoms with Gasteiger partial charge in [-0.1, -0.05) is 24.3 Å². The van der Waals surface area contributed by atoms with Crippen LogP contribution >= 0.6 is 0 Å². The van der Waals surface area contributed by atoms with Crippen molar-refractivity contribution in [1.82, 2.24) is 9.97 Å². The standard InChI is InChI=1S/C22H21N5O/c1-3-27-20-18(22(28)26(2)19-8-5-11-24-21(19)27)13-16(14-25-20)10-9-15-6-4-7-17(23)12-15/h4-14H,3,23H2,1-2H3/b10-9+. The molecule has 1 amide bonds. The maximum Gasteiger partial charge on any atom is 0.261 e. The number of carbonyl (C=O) groups is 1. The van der Waals surface area contributed by atoms with Gasteiger partial charge in [-0.25, -0.2) is 9.97 Å². The van der Waals surface area contributed by atoms with Crippen LogP contribution in [0, 0.1) is 0 Å². The second-order valence-electron chi connectivity index (χ2n) is 6.60. The van der Waals surface area contributed by atoms with Crippen LogP contribution in [0.15, 0.2) is 54.9 Å². The fraction of sp³-hybridized carbons (Fsp3) is 0.136. The summed E-state index contributed by atoms with van der Waals surface area (Å²) >= 11 is 0. The molecule has 0 bridgehead atoms. The van der Waals surface area contributed by atoms with Crippen molar-refractivity contribution >= 4 is 41.1 Å². The molecule has 0 atom stereocenters. The summed E-state index contributed by atoms with van der Waals surface area (Å²) in [5, 5.41) is 0. The molecule has 1 aromatic carbocycles. The molecule has 2 aromatic heterocycles. The zero-order chi connectivity index (χ0) is 19.7. The minimum atomic E-state index is -0.105. The largest absolute Gasteiger partial charge is 0.399 e. The lowest BCUT2D eigenvalue weighted by Gasteiger charge is -2.22. The van der Waals surface area contributed by atoms with E-state index in [0.29, 0.717) is 23.6 Å². The third-order valence-corrected chi connectivity index (χ3v) is 4.76. The molecule has 0 fully saturated rings. The molecule has 6 nitrogen and oxygen atoms in total. The van der Waals surface area contributed by atoms with Gasteiger partial charge in [0.25, 0.3) is 5.91 Å². The monoisotopic (exact) mass is 371 g/mol. The van der Waals surface area contributed by atoms with Crippen LogP contribution in [-0.2, 0) is 0 Å². The highest BCUT2D eigenvalue weighted by Gasteiger charge is 2.30. The molecule has 0 saturated heterocycles. The Labute approximate surface area is 164 Å². The van der Waals surface area contributed by atoms with Crippen molar-refractivity contribution in [1.29, 1.82) is 0 Å². The van der Waals surface area contributed by atoms with Gasteiger partial charge in [0.1, 0.15) is 5.82 Å². The fourth-order valence-electron chi connectivity index (χ4n) is 3.34. The second-order valence-corrected chi connectivity index (χ2v) is 6.60. The van der Waals surface area contributed by atoms with Crippen LogP contribution in [0.3, 0.4) is 0 Å². The maximum atomic E-state index is 13.1. The second kappa shape index (κ2) is 7.15. The van der Waals surface area contributed by atoms with E-state index in [4.69, 9.17) is 5.73 Å². The van der Waals surface area contributed by atoms with Crippen LogP contribution in [0.1, 0.15) is 28.4 Å². The molecule has 1 aliphatic rings. The Balaban J connectivity index is 1.77. The highest BCUT2D eigenvalue weighted by atomic mass is 16.2. The Kier molecular flexibility index (Phi) is 4.53. The Morgan fingerprint density at radius 2 is 1.86 bits per heavy atom. The fourth-order valence-corrected chi connectivity index (χ4v) is 3.34. The normalized spacial score (nSPS) is 13.4. The number of nitrogen functional groups attached to an aromatic ring is 1. The van der Waals surface area contributed by atoms with Gasteiger partial charge in [-0.05, 0) is 48.4 Å². The molecular weight excluding hydrogens is 350 g/mol. The van der Waals surface area contributed by atoms with Crippen molar-refractivity contribution in [2.45, 2.75) is 6.92 Å². The highest BCUT2D eigenvalue weighted by Crippen LogP contribution is 2.37. The van der Waals surface area contributed by atoms with Gasteiger partial charge in [0, 0.05) is 31.7 Å². The molecule has 0 saturated carbocycles.